The number of carbonyl (C=O) groups excluding carboxylic acids is 1. The number of methoxy groups -OCH3 is 2. The fraction of sp³-hybridized carbons (Fsp3) is 0.435. The average Bonchev–Trinajstić information content (AvgIpc) is 3.47. The highest BCUT2D eigenvalue weighted by molar-refractivity contribution is 7.90. The van der Waals surface area contributed by atoms with Gasteiger partial charge in [0.1, 0.15) is 22.9 Å². The molecular weight excluding hydrogens is 460 g/mol. The van der Waals surface area contributed by atoms with Gasteiger partial charge in [0.25, 0.3) is 0 Å². The van der Waals surface area contributed by atoms with Crippen LogP contribution in [0.4, 0.5) is 0 Å². The molecule has 1 aliphatic rings. The summed E-state index contributed by atoms with van der Waals surface area (Å²) in [6, 6.07) is 8.70. The highest BCUT2D eigenvalue weighted by Gasteiger charge is 2.29. The third-order valence-corrected chi connectivity index (χ3v) is 7.46. The summed E-state index contributed by atoms with van der Waals surface area (Å²) in [7, 11) is -0.603. The number of likely N-dealkylation sites (tertiary alicyclic amines) is 1. The van der Waals surface area contributed by atoms with Crippen molar-refractivity contribution in [1.82, 2.24) is 19.7 Å². The van der Waals surface area contributed by atoms with Gasteiger partial charge < -0.3 is 18.8 Å². The number of benzene rings is 1. The number of nitrogens with zero attached hydrogens (tertiary/aromatic N) is 4. The first kappa shape index (κ1) is 23.8. The fourth-order valence-electron chi connectivity index (χ4n) is 4.21. The van der Waals surface area contributed by atoms with Gasteiger partial charge in [-0.25, -0.2) is 8.42 Å². The highest BCUT2D eigenvalue weighted by atomic mass is 32.2. The molecule has 11 heteroatoms. The molecule has 1 saturated heterocycles. The molecule has 1 atom stereocenters. The molecule has 1 aliphatic heterocycles. The van der Waals surface area contributed by atoms with Crippen LogP contribution in [0.25, 0.3) is 17.3 Å². The fourth-order valence-corrected chi connectivity index (χ4v) is 5.41. The monoisotopic (exact) mass is 488 g/mol. The van der Waals surface area contributed by atoms with E-state index in [9.17, 15) is 13.2 Å². The predicted molar refractivity (Wildman–Crippen MR) is 125 cm³/mol. The highest BCUT2D eigenvalue weighted by Crippen LogP contribution is 2.36. The molecule has 0 saturated carbocycles. The van der Waals surface area contributed by atoms with Crippen molar-refractivity contribution in [3.05, 3.63) is 42.4 Å². The number of ether oxygens (including phenoxy) is 2. The summed E-state index contributed by atoms with van der Waals surface area (Å²) < 4.78 is 44.5. The van der Waals surface area contributed by atoms with E-state index in [2.05, 4.69) is 10.2 Å². The molecule has 0 N–H and O–H groups in total. The largest absolute Gasteiger partial charge is 0.494 e. The van der Waals surface area contributed by atoms with Gasteiger partial charge in [0.15, 0.2) is 21.4 Å². The Labute approximate surface area is 198 Å². The Morgan fingerprint density at radius 3 is 2.47 bits per heavy atom. The zero-order chi connectivity index (χ0) is 24.3. The Balaban J connectivity index is 1.70. The molecule has 1 fully saturated rings. The van der Waals surface area contributed by atoms with Crippen molar-refractivity contribution in [3.8, 4) is 28.8 Å². The number of furan rings is 1. The second-order valence-electron chi connectivity index (χ2n) is 8.18. The molecule has 182 valence electrons. The number of amides is 1. The summed E-state index contributed by atoms with van der Waals surface area (Å²) in [5.41, 5.74) is 0.467. The summed E-state index contributed by atoms with van der Waals surface area (Å²) in [5, 5.41) is 8.41. The first-order chi connectivity index (χ1) is 16.3. The second kappa shape index (κ2) is 9.88. The van der Waals surface area contributed by atoms with E-state index >= 15 is 0 Å². The van der Waals surface area contributed by atoms with Crippen LogP contribution in [0.3, 0.4) is 0 Å². The van der Waals surface area contributed by atoms with Crippen molar-refractivity contribution >= 4 is 15.7 Å². The van der Waals surface area contributed by atoms with Gasteiger partial charge in [-0.1, -0.05) is 6.07 Å². The van der Waals surface area contributed by atoms with Crippen LogP contribution in [-0.2, 0) is 20.4 Å². The quantitative estimate of drug-likeness (QED) is 0.451. The number of piperidine rings is 1. The number of hydrogen-bond acceptors (Lipinski definition) is 8. The van der Waals surface area contributed by atoms with Crippen LogP contribution >= 0.6 is 0 Å². The van der Waals surface area contributed by atoms with E-state index in [1.807, 2.05) is 6.92 Å². The maximum atomic E-state index is 13.1. The van der Waals surface area contributed by atoms with Crippen molar-refractivity contribution in [2.24, 2.45) is 0 Å². The Bertz CT molecular complexity index is 1230. The lowest BCUT2D eigenvalue weighted by Gasteiger charge is -2.33. The standard InChI is InChI=1S/C23H28N4O6S/c1-16-7-4-11-21(28)26(16)12-14-34(29,30)15-20-24-25-23(19-10-6-13-33-19)27(20)22-17(31-2)8-5-9-18(22)32-3/h5-6,8-10,13,16H,4,7,11-12,14-15H2,1-3H3/t16-/m0/s1. The van der Waals surface area contributed by atoms with Crippen LogP contribution in [-0.4, -0.2) is 66.5 Å². The number of sulfone groups is 1. The first-order valence-electron chi connectivity index (χ1n) is 11.0. The van der Waals surface area contributed by atoms with Crippen LogP contribution in [0.2, 0.25) is 0 Å². The van der Waals surface area contributed by atoms with Crippen LogP contribution in [0.1, 0.15) is 32.0 Å². The summed E-state index contributed by atoms with van der Waals surface area (Å²) in [6.45, 7) is 2.10. The molecule has 1 amide bonds. The summed E-state index contributed by atoms with van der Waals surface area (Å²) in [5.74, 6) is 1.28. The number of carbonyl (C=O) groups is 1. The maximum Gasteiger partial charge on any atom is 0.222 e. The van der Waals surface area contributed by atoms with Gasteiger partial charge in [-0.05, 0) is 44.0 Å². The van der Waals surface area contributed by atoms with Crippen molar-refractivity contribution in [2.75, 3.05) is 26.5 Å². The molecule has 10 nitrogen and oxygen atoms in total. The zero-order valence-corrected chi connectivity index (χ0v) is 20.2. The van der Waals surface area contributed by atoms with E-state index in [0.29, 0.717) is 35.2 Å². The van der Waals surface area contributed by atoms with Gasteiger partial charge in [-0.2, -0.15) is 0 Å². The van der Waals surface area contributed by atoms with E-state index in [1.165, 1.54) is 20.5 Å². The lowest BCUT2D eigenvalue weighted by molar-refractivity contribution is -0.135. The van der Waals surface area contributed by atoms with E-state index in [-0.39, 0.29) is 35.8 Å². The van der Waals surface area contributed by atoms with Crippen LogP contribution in [0.15, 0.2) is 41.0 Å². The molecule has 2 aromatic heterocycles. The van der Waals surface area contributed by atoms with Crippen LogP contribution in [0.5, 0.6) is 11.5 Å². The molecule has 0 bridgehead atoms. The Morgan fingerprint density at radius 1 is 1.12 bits per heavy atom. The van der Waals surface area contributed by atoms with Gasteiger partial charge in [-0.3, -0.25) is 9.36 Å². The van der Waals surface area contributed by atoms with E-state index in [1.54, 1.807) is 39.8 Å². The SMILES string of the molecule is COc1cccc(OC)c1-n1c(CS(=O)(=O)CCN2C(=O)CCC[C@@H]2C)nnc1-c1ccco1. The molecule has 0 radical (unpaired) electrons. The normalized spacial score (nSPS) is 16.6. The van der Waals surface area contributed by atoms with E-state index in [4.69, 9.17) is 13.9 Å². The minimum absolute atomic E-state index is 0.00372. The first-order valence-corrected chi connectivity index (χ1v) is 12.9. The van der Waals surface area contributed by atoms with Gasteiger partial charge in [0.05, 0.1) is 26.2 Å². The van der Waals surface area contributed by atoms with Gasteiger partial charge >= 0.3 is 0 Å². The maximum absolute atomic E-state index is 13.1. The van der Waals surface area contributed by atoms with E-state index in [0.717, 1.165) is 12.8 Å². The summed E-state index contributed by atoms with van der Waals surface area (Å²) >= 11 is 0. The van der Waals surface area contributed by atoms with Crippen molar-refractivity contribution in [1.29, 1.82) is 0 Å². The summed E-state index contributed by atoms with van der Waals surface area (Å²) in [6.07, 6.45) is 3.67. The average molecular weight is 489 g/mol. The number of para-hydroxylation sites is 1. The minimum atomic E-state index is -3.64. The molecule has 0 unspecified atom stereocenters. The number of aromatic nitrogens is 3. The Morgan fingerprint density at radius 2 is 1.85 bits per heavy atom. The summed E-state index contributed by atoms with van der Waals surface area (Å²) in [4.78, 5) is 13.9. The van der Waals surface area contributed by atoms with Crippen molar-refractivity contribution in [3.63, 3.8) is 0 Å². The lowest BCUT2D eigenvalue weighted by atomic mass is 10.0. The molecule has 0 spiro atoms. The van der Waals surface area contributed by atoms with Gasteiger partial charge in [0.2, 0.25) is 11.7 Å². The molecule has 34 heavy (non-hydrogen) atoms. The molecule has 4 rings (SSSR count). The van der Waals surface area contributed by atoms with Gasteiger partial charge in [-0.15, -0.1) is 10.2 Å². The van der Waals surface area contributed by atoms with E-state index < -0.39 is 9.84 Å². The topological polar surface area (TPSA) is 117 Å². The van der Waals surface area contributed by atoms with Crippen LogP contribution in [0, 0.1) is 0 Å². The zero-order valence-electron chi connectivity index (χ0n) is 19.4. The van der Waals surface area contributed by atoms with Crippen molar-refractivity contribution < 1.29 is 27.1 Å². The van der Waals surface area contributed by atoms with Crippen molar-refractivity contribution in [2.45, 2.75) is 38.0 Å². The Hall–Kier alpha value is -3.34. The predicted octanol–water partition coefficient (Wildman–Crippen LogP) is 2.86. The smallest absolute Gasteiger partial charge is 0.222 e. The second-order valence-corrected chi connectivity index (χ2v) is 10.4. The third kappa shape index (κ3) is 4.79. The molecule has 0 aliphatic carbocycles. The molecule has 3 aromatic rings. The van der Waals surface area contributed by atoms with Crippen LogP contribution < -0.4 is 9.47 Å². The minimum Gasteiger partial charge on any atom is -0.494 e. The third-order valence-electron chi connectivity index (χ3n) is 5.95. The Kier molecular flexibility index (Phi) is 6.92. The molecular formula is C23H28N4O6S. The number of hydrogen-bond donors (Lipinski definition) is 0. The molecule has 3 heterocycles. The number of rotatable bonds is 9. The lowest BCUT2D eigenvalue weighted by Crippen LogP contribution is -2.44. The molecule has 1 aromatic carbocycles. The van der Waals surface area contributed by atoms with Gasteiger partial charge in [0, 0.05) is 19.0 Å².